The Hall–Kier alpha value is -3.03. The van der Waals surface area contributed by atoms with Crippen LogP contribution in [0.3, 0.4) is 0 Å². The molecule has 0 saturated carbocycles. The molecule has 0 bridgehead atoms. The molecule has 4 rings (SSSR count). The molecule has 1 aromatic heterocycles. The first kappa shape index (κ1) is 18.3. The second-order valence-electron chi connectivity index (χ2n) is 6.00. The fourth-order valence-corrected chi connectivity index (χ4v) is 3.09. The van der Waals surface area contributed by atoms with Crippen LogP contribution in [0.2, 0.25) is 10.2 Å². The first-order valence-electron chi connectivity index (χ1n) is 8.12. The summed E-state index contributed by atoms with van der Waals surface area (Å²) in [6.07, 6.45) is 3.30. The van der Waals surface area contributed by atoms with E-state index in [1.54, 1.807) is 41.2 Å². The Labute approximate surface area is 167 Å². The Morgan fingerprint density at radius 3 is 2.61 bits per heavy atom. The standard InChI is InChI=1S/C19H11Cl2FN4O2/c20-14-5-4-12(8-15(14)22)26-18(27)13-2-1-7-25(17(13)24-19(26)28)10-11-3-6-16(21)23-9-11/h1-9H,10H2. The van der Waals surface area contributed by atoms with Gasteiger partial charge in [0.05, 0.1) is 22.8 Å². The molecule has 3 heterocycles. The number of hydrogen-bond donors (Lipinski definition) is 0. The van der Waals surface area contributed by atoms with E-state index in [2.05, 4.69) is 9.97 Å². The van der Waals surface area contributed by atoms with E-state index < -0.39 is 17.1 Å². The summed E-state index contributed by atoms with van der Waals surface area (Å²) in [7, 11) is 0. The van der Waals surface area contributed by atoms with Gasteiger partial charge >= 0.3 is 5.69 Å². The number of aromatic nitrogens is 4. The van der Waals surface area contributed by atoms with Crippen LogP contribution >= 0.6 is 23.2 Å². The summed E-state index contributed by atoms with van der Waals surface area (Å²) in [5.74, 6) is -0.512. The van der Waals surface area contributed by atoms with Crippen molar-refractivity contribution in [2.45, 2.75) is 6.54 Å². The zero-order chi connectivity index (χ0) is 19.8. The summed E-state index contributed by atoms with van der Waals surface area (Å²) in [6, 6.07) is 10.4. The Kier molecular flexibility index (Phi) is 4.70. The maximum atomic E-state index is 13.8. The molecule has 9 heteroatoms. The van der Waals surface area contributed by atoms with Gasteiger partial charge < -0.3 is 4.57 Å². The van der Waals surface area contributed by atoms with Crippen molar-refractivity contribution in [2.75, 3.05) is 0 Å². The molecule has 0 aliphatic carbocycles. The topological polar surface area (TPSA) is 69.8 Å². The van der Waals surface area contributed by atoms with E-state index >= 15 is 0 Å². The van der Waals surface area contributed by atoms with Crippen molar-refractivity contribution < 1.29 is 4.39 Å². The Morgan fingerprint density at radius 2 is 1.89 bits per heavy atom. The van der Waals surface area contributed by atoms with E-state index in [-0.39, 0.29) is 22.1 Å². The third-order valence-electron chi connectivity index (χ3n) is 4.17. The highest BCUT2D eigenvalue weighted by molar-refractivity contribution is 6.30. The zero-order valence-electron chi connectivity index (χ0n) is 14.1. The van der Waals surface area contributed by atoms with Gasteiger partial charge in [0.15, 0.2) is 5.82 Å². The number of halogens is 3. The third kappa shape index (κ3) is 3.30. The summed E-state index contributed by atoms with van der Waals surface area (Å²) in [6.45, 7) is 0.340. The van der Waals surface area contributed by atoms with Crippen molar-refractivity contribution in [3.05, 3.63) is 97.3 Å². The van der Waals surface area contributed by atoms with E-state index in [0.717, 1.165) is 16.2 Å². The van der Waals surface area contributed by atoms with E-state index in [4.69, 9.17) is 23.2 Å². The lowest BCUT2D eigenvalue weighted by molar-refractivity contribution is 0.626. The number of benzene rings is 1. The van der Waals surface area contributed by atoms with Crippen LogP contribution in [0.4, 0.5) is 4.39 Å². The summed E-state index contributed by atoms with van der Waals surface area (Å²) >= 11 is 11.5. The maximum absolute atomic E-state index is 13.8. The molecule has 0 N–H and O–H groups in total. The van der Waals surface area contributed by atoms with Gasteiger partial charge in [-0.1, -0.05) is 29.3 Å². The first-order valence-corrected chi connectivity index (χ1v) is 8.88. The highest BCUT2D eigenvalue weighted by Gasteiger charge is 2.18. The summed E-state index contributed by atoms with van der Waals surface area (Å²) < 4.78 is 16.3. The van der Waals surface area contributed by atoms with Crippen LogP contribution in [-0.2, 0) is 6.54 Å². The Bertz CT molecular complexity index is 1270. The molecule has 1 aromatic carbocycles. The van der Waals surface area contributed by atoms with Gasteiger partial charge in [0.2, 0.25) is 0 Å². The van der Waals surface area contributed by atoms with Crippen LogP contribution in [0, 0.1) is 5.82 Å². The van der Waals surface area contributed by atoms with Gasteiger partial charge in [-0.15, -0.1) is 0 Å². The van der Waals surface area contributed by atoms with E-state index in [1.165, 1.54) is 12.1 Å². The van der Waals surface area contributed by atoms with Crippen molar-refractivity contribution >= 4 is 23.2 Å². The van der Waals surface area contributed by atoms with Gasteiger partial charge in [-0.3, -0.25) is 4.79 Å². The molecule has 2 aliphatic rings. The van der Waals surface area contributed by atoms with Crippen molar-refractivity contribution in [3.63, 3.8) is 0 Å². The zero-order valence-corrected chi connectivity index (χ0v) is 15.7. The smallest absolute Gasteiger partial charge is 0.328 e. The van der Waals surface area contributed by atoms with Gasteiger partial charge in [-0.2, -0.15) is 4.98 Å². The van der Waals surface area contributed by atoms with Gasteiger partial charge in [-0.25, -0.2) is 18.7 Å². The minimum Gasteiger partial charge on any atom is -0.328 e. The van der Waals surface area contributed by atoms with Crippen molar-refractivity contribution in [1.29, 1.82) is 0 Å². The van der Waals surface area contributed by atoms with E-state index in [9.17, 15) is 14.0 Å². The van der Waals surface area contributed by atoms with Crippen LogP contribution in [-0.4, -0.2) is 19.1 Å². The predicted molar refractivity (Wildman–Crippen MR) is 104 cm³/mol. The van der Waals surface area contributed by atoms with E-state index in [0.29, 0.717) is 11.7 Å². The minimum absolute atomic E-state index is 0.0589. The van der Waals surface area contributed by atoms with Crippen molar-refractivity contribution in [3.8, 4) is 17.1 Å². The lowest BCUT2D eigenvalue weighted by Crippen LogP contribution is -2.36. The van der Waals surface area contributed by atoms with Crippen molar-refractivity contribution in [1.82, 2.24) is 19.1 Å². The molecule has 0 saturated heterocycles. The van der Waals surface area contributed by atoms with Crippen LogP contribution in [0.15, 0.2) is 64.4 Å². The molecule has 0 fully saturated rings. The summed E-state index contributed by atoms with van der Waals surface area (Å²) in [5.41, 5.74) is -0.309. The molecule has 140 valence electrons. The lowest BCUT2D eigenvalue weighted by Gasteiger charge is -2.15. The number of rotatable bonds is 3. The second-order valence-corrected chi connectivity index (χ2v) is 6.79. The maximum Gasteiger partial charge on any atom is 0.357 e. The van der Waals surface area contributed by atoms with Gasteiger partial charge in [0.25, 0.3) is 5.56 Å². The van der Waals surface area contributed by atoms with Crippen molar-refractivity contribution in [2.24, 2.45) is 0 Å². The number of fused-ring (bicyclic) bond motifs is 1. The van der Waals surface area contributed by atoms with Gasteiger partial charge in [-0.05, 0) is 42.0 Å². The summed E-state index contributed by atoms with van der Waals surface area (Å²) in [5, 5.41) is 0.261. The fraction of sp³-hybridized carbons (Fsp3) is 0.0526. The monoisotopic (exact) mass is 416 g/mol. The fourth-order valence-electron chi connectivity index (χ4n) is 2.86. The average molecular weight is 417 g/mol. The van der Waals surface area contributed by atoms with Gasteiger partial charge in [0.1, 0.15) is 11.0 Å². The first-order chi connectivity index (χ1) is 13.4. The molecule has 0 unspecified atom stereocenters. The number of pyridine rings is 2. The van der Waals surface area contributed by atoms with Crippen LogP contribution in [0.25, 0.3) is 17.1 Å². The van der Waals surface area contributed by atoms with Crippen LogP contribution in [0.5, 0.6) is 0 Å². The second kappa shape index (κ2) is 7.18. The highest BCUT2D eigenvalue weighted by atomic mass is 35.5. The number of nitrogens with zero attached hydrogens (tertiary/aromatic N) is 4. The average Bonchev–Trinajstić information content (AvgIpc) is 2.67. The quantitative estimate of drug-likeness (QED) is 0.480. The lowest BCUT2D eigenvalue weighted by atomic mass is 10.2. The van der Waals surface area contributed by atoms with Gasteiger partial charge in [0, 0.05) is 12.4 Å². The molecule has 0 spiro atoms. The molecule has 0 atom stereocenters. The molecule has 2 aliphatic heterocycles. The molecule has 0 amide bonds. The molecular weight excluding hydrogens is 406 g/mol. The molecule has 2 aromatic rings. The Balaban J connectivity index is 1.87. The largest absolute Gasteiger partial charge is 0.357 e. The Morgan fingerprint density at radius 1 is 1.07 bits per heavy atom. The van der Waals surface area contributed by atoms with E-state index in [1.807, 2.05) is 0 Å². The van der Waals surface area contributed by atoms with Crippen LogP contribution < -0.4 is 11.2 Å². The highest BCUT2D eigenvalue weighted by Crippen LogP contribution is 2.19. The molecular formula is C19H11Cl2FN4O2. The summed E-state index contributed by atoms with van der Waals surface area (Å²) in [4.78, 5) is 33.5. The minimum atomic E-state index is -0.812. The third-order valence-corrected chi connectivity index (χ3v) is 4.70. The SMILES string of the molecule is O=c1nc2n(Cc3ccc(Cl)nc3)cccc-2c(=O)n1-c1ccc(Cl)c(F)c1. The predicted octanol–water partition coefficient (Wildman–Crippen LogP) is 3.39. The van der Waals surface area contributed by atoms with Crippen LogP contribution in [0.1, 0.15) is 5.56 Å². The number of hydrogen-bond acceptors (Lipinski definition) is 4. The molecule has 28 heavy (non-hydrogen) atoms. The molecule has 6 nitrogen and oxygen atoms in total. The molecule has 0 radical (unpaired) electrons. The normalized spacial score (nSPS) is 11.1.